The summed E-state index contributed by atoms with van der Waals surface area (Å²) in [5.41, 5.74) is 2.93. The lowest BCUT2D eigenvalue weighted by atomic mass is 9.81. The molecule has 2 N–H and O–H groups in total. The van der Waals surface area contributed by atoms with Gasteiger partial charge in [0.25, 0.3) is 0 Å². The molecule has 0 fully saturated rings. The summed E-state index contributed by atoms with van der Waals surface area (Å²) in [5.74, 6) is 0.238. The smallest absolute Gasteiger partial charge is 0.225 e. The van der Waals surface area contributed by atoms with Gasteiger partial charge >= 0.3 is 0 Å². The first-order valence-corrected chi connectivity index (χ1v) is 9.20. The molecule has 1 unspecified atom stereocenters. The van der Waals surface area contributed by atoms with Crippen molar-refractivity contribution in [2.75, 3.05) is 18.4 Å². The van der Waals surface area contributed by atoms with Crippen LogP contribution in [0, 0.1) is 11.8 Å². The average molecular weight is 378 g/mol. The molecule has 0 aliphatic carbocycles. The number of halogens is 2. The van der Waals surface area contributed by atoms with E-state index in [1.54, 1.807) is 18.2 Å². The molecule has 0 saturated heterocycles. The quantitative estimate of drug-likeness (QED) is 0.813. The maximum atomic E-state index is 12.5. The first-order chi connectivity index (χ1) is 12.1. The Bertz CT molecular complexity index is 755. The van der Waals surface area contributed by atoms with Crippen LogP contribution < -0.4 is 10.6 Å². The van der Waals surface area contributed by atoms with Gasteiger partial charge in [0.2, 0.25) is 5.91 Å². The van der Waals surface area contributed by atoms with Gasteiger partial charge in [0.1, 0.15) is 0 Å². The number of hydrogen-bond donors (Lipinski definition) is 2. The van der Waals surface area contributed by atoms with Gasteiger partial charge in [0, 0.05) is 30.8 Å². The Balaban J connectivity index is 1.66. The molecule has 6 heteroatoms. The highest BCUT2D eigenvalue weighted by Gasteiger charge is 2.27. The van der Waals surface area contributed by atoms with Crippen molar-refractivity contribution in [3.05, 3.63) is 52.2 Å². The topological polar surface area (TPSA) is 53.5 Å². The molecule has 2 aliphatic heterocycles. The molecule has 0 bridgehead atoms. The maximum absolute atomic E-state index is 12.5. The van der Waals surface area contributed by atoms with Crippen LogP contribution in [-0.4, -0.2) is 24.7 Å². The lowest BCUT2D eigenvalue weighted by molar-refractivity contribution is -0.116. The molecule has 0 aromatic heterocycles. The molecule has 0 radical (unpaired) electrons. The third-order valence-electron chi connectivity index (χ3n) is 4.66. The van der Waals surface area contributed by atoms with E-state index in [4.69, 9.17) is 23.2 Å². The average Bonchev–Trinajstić information content (AvgIpc) is 2.61. The van der Waals surface area contributed by atoms with E-state index in [1.807, 2.05) is 12.3 Å². The molecule has 1 aromatic carbocycles. The van der Waals surface area contributed by atoms with Crippen molar-refractivity contribution in [2.45, 2.75) is 19.8 Å². The van der Waals surface area contributed by atoms with Gasteiger partial charge in [-0.2, -0.15) is 0 Å². The largest absolute Gasteiger partial charge is 0.325 e. The SMILES string of the molecule is C[C@H]1C(C2=CCNCC2)=NC=CC1CC(=O)Nc1cccc(Cl)c1Cl. The number of aliphatic imine (C=N–C) groups is 1. The number of benzene rings is 1. The van der Waals surface area contributed by atoms with Crippen molar-refractivity contribution >= 4 is 40.5 Å². The van der Waals surface area contributed by atoms with Gasteiger partial charge in [-0.3, -0.25) is 9.79 Å². The Hall–Kier alpha value is -1.62. The number of nitrogens with zero attached hydrogens (tertiary/aromatic N) is 1. The van der Waals surface area contributed by atoms with E-state index < -0.39 is 0 Å². The molecule has 25 heavy (non-hydrogen) atoms. The molecule has 1 amide bonds. The van der Waals surface area contributed by atoms with E-state index in [-0.39, 0.29) is 17.7 Å². The summed E-state index contributed by atoms with van der Waals surface area (Å²) in [6.45, 7) is 3.98. The van der Waals surface area contributed by atoms with Crippen molar-refractivity contribution in [3.8, 4) is 0 Å². The second-order valence-electron chi connectivity index (χ2n) is 6.35. The van der Waals surface area contributed by atoms with Crippen LogP contribution in [0.4, 0.5) is 5.69 Å². The number of hydrogen-bond acceptors (Lipinski definition) is 3. The zero-order chi connectivity index (χ0) is 17.8. The highest BCUT2D eigenvalue weighted by atomic mass is 35.5. The van der Waals surface area contributed by atoms with Gasteiger partial charge in [-0.15, -0.1) is 0 Å². The minimum atomic E-state index is -0.0776. The fourth-order valence-electron chi connectivity index (χ4n) is 3.21. The van der Waals surface area contributed by atoms with E-state index in [0.29, 0.717) is 22.2 Å². The van der Waals surface area contributed by atoms with Gasteiger partial charge in [-0.1, -0.05) is 48.3 Å². The summed E-state index contributed by atoms with van der Waals surface area (Å²) in [6.07, 6.45) is 7.39. The van der Waals surface area contributed by atoms with E-state index in [0.717, 1.165) is 25.2 Å². The predicted molar refractivity (Wildman–Crippen MR) is 105 cm³/mol. The highest BCUT2D eigenvalue weighted by molar-refractivity contribution is 6.43. The summed E-state index contributed by atoms with van der Waals surface area (Å²) < 4.78 is 0. The van der Waals surface area contributed by atoms with Crippen molar-refractivity contribution in [3.63, 3.8) is 0 Å². The van der Waals surface area contributed by atoms with Crippen LogP contribution in [-0.2, 0) is 4.79 Å². The fraction of sp³-hybridized carbons (Fsp3) is 0.368. The summed E-state index contributed by atoms with van der Waals surface area (Å²) >= 11 is 12.1. The van der Waals surface area contributed by atoms with E-state index >= 15 is 0 Å². The number of anilines is 1. The summed E-state index contributed by atoms with van der Waals surface area (Å²) in [5, 5.41) is 6.97. The predicted octanol–water partition coefficient (Wildman–Crippen LogP) is 4.46. The third kappa shape index (κ3) is 4.32. The van der Waals surface area contributed by atoms with Crippen LogP contribution in [0.2, 0.25) is 10.0 Å². The molecule has 2 atom stereocenters. The number of amides is 1. The van der Waals surface area contributed by atoms with Gasteiger partial charge in [0.05, 0.1) is 15.7 Å². The minimum Gasteiger partial charge on any atom is -0.325 e. The van der Waals surface area contributed by atoms with Crippen LogP contribution >= 0.6 is 23.2 Å². The van der Waals surface area contributed by atoms with E-state index in [2.05, 4.69) is 28.6 Å². The molecular weight excluding hydrogens is 357 g/mol. The van der Waals surface area contributed by atoms with Crippen LogP contribution in [0.3, 0.4) is 0 Å². The summed E-state index contributed by atoms with van der Waals surface area (Å²) in [7, 11) is 0. The number of allylic oxidation sites excluding steroid dienone is 1. The highest BCUT2D eigenvalue weighted by Crippen LogP contribution is 2.31. The second kappa shape index (κ2) is 8.17. The Morgan fingerprint density at radius 1 is 1.40 bits per heavy atom. The first-order valence-electron chi connectivity index (χ1n) is 8.44. The Morgan fingerprint density at radius 2 is 2.24 bits per heavy atom. The Labute approximate surface area is 158 Å². The number of rotatable bonds is 4. The minimum absolute atomic E-state index is 0.0776. The summed E-state index contributed by atoms with van der Waals surface area (Å²) in [6, 6.07) is 5.21. The van der Waals surface area contributed by atoms with Gasteiger partial charge < -0.3 is 10.6 Å². The molecule has 1 aromatic rings. The zero-order valence-electron chi connectivity index (χ0n) is 14.1. The van der Waals surface area contributed by atoms with Gasteiger partial charge in [0.15, 0.2) is 0 Å². The number of nitrogens with one attached hydrogen (secondary N) is 2. The lowest BCUT2D eigenvalue weighted by Crippen LogP contribution is -2.31. The molecule has 0 saturated carbocycles. The fourth-order valence-corrected chi connectivity index (χ4v) is 3.56. The van der Waals surface area contributed by atoms with Gasteiger partial charge in [-0.25, -0.2) is 0 Å². The molecule has 4 nitrogen and oxygen atoms in total. The zero-order valence-corrected chi connectivity index (χ0v) is 15.6. The van der Waals surface area contributed by atoms with Crippen LogP contribution in [0.5, 0.6) is 0 Å². The maximum Gasteiger partial charge on any atom is 0.225 e. The van der Waals surface area contributed by atoms with Crippen molar-refractivity contribution in [1.82, 2.24) is 5.32 Å². The lowest BCUT2D eigenvalue weighted by Gasteiger charge is -2.28. The van der Waals surface area contributed by atoms with E-state index in [1.165, 1.54) is 5.57 Å². The van der Waals surface area contributed by atoms with Crippen molar-refractivity contribution < 1.29 is 4.79 Å². The molecule has 2 aliphatic rings. The van der Waals surface area contributed by atoms with Crippen LogP contribution in [0.25, 0.3) is 0 Å². The summed E-state index contributed by atoms with van der Waals surface area (Å²) in [4.78, 5) is 17.0. The monoisotopic (exact) mass is 377 g/mol. The van der Waals surface area contributed by atoms with Crippen LogP contribution in [0.1, 0.15) is 19.8 Å². The second-order valence-corrected chi connectivity index (χ2v) is 7.13. The number of carbonyl (C=O) groups is 1. The van der Waals surface area contributed by atoms with Crippen LogP contribution in [0.15, 0.2) is 47.1 Å². The normalized spacial score (nSPS) is 23.0. The Morgan fingerprint density at radius 3 is 3.00 bits per heavy atom. The molecule has 2 heterocycles. The number of carbonyl (C=O) groups excluding carboxylic acids is 1. The van der Waals surface area contributed by atoms with Crippen molar-refractivity contribution in [1.29, 1.82) is 0 Å². The first kappa shape index (κ1) is 18.2. The van der Waals surface area contributed by atoms with Gasteiger partial charge in [-0.05, 0) is 36.6 Å². The van der Waals surface area contributed by atoms with Crippen molar-refractivity contribution in [2.24, 2.45) is 16.8 Å². The molecule has 132 valence electrons. The standard InChI is InChI=1S/C19H21Cl2N3O/c1-12-14(7-10-23-19(12)13-5-8-22-9-6-13)11-17(25)24-16-4-2-3-15(20)18(16)21/h2-5,7,10,12,14,22H,6,8-9,11H2,1H3,(H,24,25)/t12-,14?/m1/s1. The molecule has 3 rings (SSSR count). The molecule has 0 spiro atoms. The Kier molecular flexibility index (Phi) is 5.94. The third-order valence-corrected chi connectivity index (χ3v) is 5.48. The molecular formula is C19H21Cl2N3O. The van der Waals surface area contributed by atoms with E-state index in [9.17, 15) is 4.79 Å².